The fourth-order valence-corrected chi connectivity index (χ4v) is 3.50. The molecule has 1 aliphatic heterocycles. The molecule has 0 radical (unpaired) electrons. The normalized spacial score (nSPS) is 18.2. The second-order valence-electron chi connectivity index (χ2n) is 7.06. The van der Waals surface area contributed by atoms with Crippen molar-refractivity contribution in [3.8, 4) is 0 Å². The number of nitrogens with zero attached hydrogens (tertiary/aromatic N) is 3. The quantitative estimate of drug-likeness (QED) is 0.315. The number of hydrogen-bond acceptors (Lipinski definition) is 6. The van der Waals surface area contributed by atoms with Crippen LogP contribution in [-0.4, -0.2) is 26.9 Å². The van der Waals surface area contributed by atoms with E-state index in [1.54, 1.807) is 79.4 Å². The summed E-state index contributed by atoms with van der Waals surface area (Å²) in [5.74, 6) is -1.03. The summed E-state index contributed by atoms with van der Waals surface area (Å²) in [6, 6.07) is 16.1. The SMILES string of the molecule is O=C(/C=C/c1cccnc1)C1=C(/C=C/c2cccnc2)O[C@H]([N+](=O)[O-])[C@H]1c1ccccc1. The number of rotatable bonds is 7. The first-order chi connectivity index (χ1) is 15.6. The zero-order chi connectivity index (χ0) is 22.3. The smallest absolute Gasteiger partial charge is 0.365 e. The number of aromatic nitrogens is 2. The van der Waals surface area contributed by atoms with Crippen molar-refractivity contribution in [1.29, 1.82) is 0 Å². The number of benzene rings is 1. The predicted molar refractivity (Wildman–Crippen MR) is 120 cm³/mol. The topological polar surface area (TPSA) is 95.2 Å². The maximum absolute atomic E-state index is 13.3. The van der Waals surface area contributed by atoms with E-state index in [2.05, 4.69) is 9.97 Å². The number of carbonyl (C=O) groups excluding carboxylic acids is 1. The average molecular weight is 425 g/mol. The highest BCUT2D eigenvalue weighted by Gasteiger charge is 2.47. The van der Waals surface area contributed by atoms with Crippen molar-refractivity contribution in [3.63, 3.8) is 0 Å². The Balaban J connectivity index is 1.77. The fourth-order valence-electron chi connectivity index (χ4n) is 3.50. The summed E-state index contributed by atoms with van der Waals surface area (Å²) < 4.78 is 5.70. The molecule has 2 atom stereocenters. The Morgan fingerprint density at radius 2 is 1.56 bits per heavy atom. The van der Waals surface area contributed by atoms with Gasteiger partial charge in [0.2, 0.25) is 0 Å². The van der Waals surface area contributed by atoms with Crippen molar-refractivity contribution >= 4 is 17.9 Å². The molecule has 0 amide bonds. The van der Waals surface area contributed by atoms with E-state index < -0.39 is 17.1 Å². The van der Waals surface area contributed by atoms with Crippen LogP contribution in [0.5, 0.6) is 0 Å². The van der Waals surface area contributed by atoms with Gasteiger partial charge in [-0.3, -0.25) is 24.9 Å². The van der Waals surface area contributed by atoms with Gasteiger partial charge in [0.05, 0.1) is 10.5 Å². The summed E-state index contributed by atoms with van der Waals surface area (Å²) in [4.78, 5) is 32.7. The maximum atomic E-state index is 13.3. The van der Waals surface area contributed by atoms with Gasteiger partial charge in [-0.15, -0.1) is 0 Å². The lowest BCUT2D eigenvalue weighted by Gasteiger charge is -2.14. The first-order valence-corrected chi connectivity index (χ1v) is 9.93. The summed E-state index contributed by atoms with van der Waals surface area (Å²) in [7, 11) is 0. The molecular formula is C25H19N3O4. The summed E-state index contributed by atoms with van der Waals surface area (Å²) in [6.45, 7) is 0. The van der Waals surface area contributed by atoms with Crippen molar-refractivity contribution in [2.24, 2.45) is 0 Å². The molecular weight excluding hydrogens is 406 g/mol. The summed E-state index contributed by atoms with van der Waals surface area (Å²) in [6.07, 6.45) is 11.5. The summed E-state index contributed by atoms with van der Waals surface area (Å²) in [5, 5.41) is 11.8. The Kier molecular flexibility index (Phi) is 6.27. The Labute approximate surface area is 184 Å². The number of hydrogen-bond donors (Lipinski definition) is 0. The van der Waals surface area contributed by atoms with E-state index in [1.807, 2.05) is 18.2 Å². The van der Waals surface area contributed by atoms with Crippen LogP contribution >= 0.6 is 0 Å². The standard InChI is InChI=1S/C25H19N3O4/c29-21(12-10-18-6-4-14-26-16-18)24-22(13-11-19-7-5-15-27-17-19)32-25(28(30)31)23(24)20-8-2-1-3-9-20/h1-17,23,25H/b12-10+,13-11+/t23-,25-/m0/s1. The van der Waals surface area contributed by atoms with Crippen LogP contribution in [0.2, 0.25) is 0 Å². The van der Waals surface area contributed by atoms with Gasteiger partial charge in [0.15, 0.2) is 5.78 Å². The minimum absolute atomic E-state index is 0.172. The van der Waals surface area contributed by atoms with Gasteiger partial charge in [-0.2, -0.15) is 0 Å². The van der Waals surface area contributed by atoms with E-state index in [1.165, 1.54) is 6.08 Å². The molecule has 7 heteroatoms. The zero-order valence-electron chi connectivity index (χ0n) is 16.9. The number of nitro groups is 1. The van der Waals surface area contributed by atoms with E-state index in [0.29, 0.717) is 5.56 Å². The lowest BCUT2D eigenvalue weighted by atomic mass is 9.87. The van der Waals surface area contributed by atoms with Gasteiger partial charge in [0, 0.05) is 24.8 Å². The van der Waals surface area contributed by atoms with Gasteiger partial charge in [-0.25, -0.2) is 0 Å². The Bertz CT molecular complexity index is 1190. The first kappa shape index (κ1) is 20.9. The maximum Gasteiger partial charge on any atom is 0.365 e. The molecule has 0 spiro atoms. The van der Waals surface area contributed by atoms with Gasteiger partial charge in [0.25, 0.3) is 0 Å². The minimum Gasteiger partial charge on any atom is -0.429 e. The average Bonchev–Trinajstić information content (AvgIpc) is 3.23. The fraction of sp³-hybridized carbons (Fsp3) is 0.0800. The monoisotopic (exact) mass is 425 g/mol. The molecule has 3 aromatic rings. The Morgan fingerprint density at radius 3 is 2.16 bits per heavy atom. The second kappa shape index (κ2) is 9.61. The van der Waals surface area contributed by atoms with Crippen LogP contribution in [0.15, 0.2) is 103 Å². The number of pyridine rings is 2. The van der Waals surface area contributed by atoms with Gasteiger partial charge in [-0.05, 0) is 53.1 Å². The van der Waals surface area contributed by atoms with Crippen molar-refractivity contribution in [2.75, 3.05) is 0 Å². The number of carbonyl (C=O) groups is 1. The van der Waals surface area contributed by atoms with Crippen LogP contribution in [0, 0.1) is 10.1 Å². The highest BCUT2D eigenvalue weighted by atomic mass is 16.7. The van der Waals surface area contributed by atoms with Gasteiger partial charge in [-0.1, -0.05) is 42.5 Å². The summed E-state index contributed by atoms with van der Waals surface area (Å²) >= 11 is 0. The molecule has 1 aromatic carbocycles. The Morgan fingerprint density at radius 1 is 0.906 bits per heavy atom. The molecule has 0 N–H and O–H groups in total. The predicted octanol–water partition coefficient (Wildman–Crippen LogP) is 4.44. The largest absolute Gasteiger partial charge is 0.429 e. The molecule has 7 nitrogen and oxygen atoms in total. The molecule has 0 saturated heterocycles. The van der Waals surface area contributed by atoms with E-state index in [4.69, 9.17) is 4.74 Å². The third-order valence-corrected chi connectivity index (χ3v) is 4.96. The van der Waals surface area contributed by atoms with E-state index in [-0.39, 0.29) is 17.1 Å². The van der Waals surface area contributed by atoms with Crippen LogP contribution in [0.3, 0.4) is 0 Å². The number of ether oxygens (including phenoxy) is 1. The highest BCUT2D eigenvalue weighted by Crippen LogP contribution is 2.40. The van der Waals surface area contributed by atoms with Gasteiger partial charge < -0.3 is 4.74 Å². The number of ketones is 1. The van der Waals surface area contributed by atoms with Gasteiger partial charge >= 0.3 is 6.23 Å². The van der Waals surface area contributed by atoms with Crippen LogP contribution in [0.4, 0.5) is 0 Å². The second-order valence-corrected chi connectivity index (χ2v) is 7.06. The molecule has 158 valence electrons. The molecule has 0 fully saturated rings. The van der Waals surface area contributed by atoms with E-state index in [0.717, 1.165) is 11.1 Å². The molecule has 4 rings (SSSR count). The lowest BCUT2D eigenvalue weighted by Crippen LogP contribution is -2.27. The molecule has 1 aliphatic rings. The zero-order valence-corrected chi connectivity index (χ0v) is 16.9. The minimum atomic E-state index is -1.41. The molecule has 0 unspecified atom stereocenters. The number of allylic oxidation sites excluding steroid dienone is 2. The molecule has 0 bridgehead atoms. The lowest BCUT2D eigenvalue weighted by molar-refractivity contribution is -0.570. The Hall–Kier alpha value is -4.39. The first-order valence-electron chi connectivity index (χ1n) is 9.93. The molecule has 0 aliphatic carbocycles. The molecule has 32 heavy (non-hydrogen) atoms. The van der Waals surface area contributed by atoms with Crippen molar-refractivity contribution in [1.82, 2.24) is 9.97 Å². The van der Waals surface area contributed by atoms with Crippen LogP contribution in [0.1, 0.15) is 22.6 Å². The third kappa shape index (κ3) is 4.67. The van der Waals surface area contributed by atoms with E-state index in [9.17, 15) is 14.9 Å². The van der Waals surface area contributed by atoms with Gasteiger partial charge in [0.1, 0.15) is 11.7 Å². The van der Waals surface area contributed by atoms with Crippen molar-refractivity contribution in [2.45, 2.75) is 12.1 Å². The van der Waals surface area contributed by atoms with Crippen molar-refractivity contribution < 1.29 is 14.5 Å². The molecule has 3 heterocycles. The van der Waals surface area contributed by atoms with E-state index >= 15 is 0 Å². The summed E-state index contributed by atoms with van der Waals surface area (Å²) in [5.41, 5.74) is 2.40. The molecule has 0 saturated carbocycles. The molecule has 2 aromatic heterocycles. The third-order valence-electron chi connectivity index (χ3n) is 4.96. The van der Waals surface area contributed by atoms with Crippen LogP contribution in [0.25, 0.3) is 12.2 Å². The van der Waals surface area contributed by atoms with Crippen LogP contribution in [-0.2, 0) is 9.53 Å². The highest BCUT2D eigenvalue weighted by molar-refractivity contribution is 6.08. The van der Waals surface area contributed by atoms with Crippen LogP contribution < -0.4 is 0 Å². The van der Waals surface area contributed by atoms with Crippen molar-refractivity contribution in [3.05, 3.63) is 130 Å².